The number of nitrogens with zero attached hydrogens (tertiary/aromatic N) is 2. The predicted molar refractivity (Wildman–Crippen MR) is 165 cm³/mol. The summed E-state index contributed by atoms with van der Waals surface area (Å²) in [7, 11) is 0. The molecule has 0 aromatic carbocycles. The van der Waals surface area contributed by atoms with E-state index >= 15 is 0 Å². The topological polar surface area (TPSA) is 124 Å². The summed E-state index contributed by atoms with van der Waals surface area (Å²) in [5.41, 5.74) is 2.50. The Morgan fingerprint density at radius 1 is 1.09 bits per heavy atom. The fourth-order valence-electron chi connectivity index (χ4n) is 9.68. The van der Waals surface area contributed by atoms with E-state index < -0.39 is 12.1 Å². The van der Waals surface area contributed by atoms with E-state index in [2.05, 4.69) is 24.3 Å². The van der Waals surface area contributed by atoms with Crippen LogP contribution in [0.4, 0.5) is 4.79 Å². The monoisotopic (exact) mass is 613 g/mol. The normalized spacial score (nSPS) is 36.5. The van der Waals surface area contributed by atoms with E-state index in [1.54, 1.807) is 0 Å². The van der Waals surface area contributed by atoms with Crippen molar-refractivity contribution in [2.45, 2.75) is 117 Å². The molecule has 0 radical (unpaired) electrons. The standard InChI is InChI=1S/C34H51N3O7/c1-21(2)43-31(40)30-11-7-24(35-30)19-37(16-17-42-20-38)32(41)44-36-22(3)27-9-10-28-26-8-6-23-18-25(39)12-14-33(23,4)29(26)13-15-34(27,28)5/h18,20-21,24,26-30,35H,6-17,19H2,1-5H3/b36-22+/t24?,26-,27+,28-,29-,30?,33-,34+/m0/s1. The number of carbonyl (C=O) groups excluding carboxylic acids is 4. The van der Waals surface area contributed by atoms with Gasteiger partial charge in [0.05, 0.1) is 18.4 Å². The second-order valence-electron chi connectivity index (χ2n) is 14.6. The summed E-state index contributed by atoms with van der Waals surface area (Å²) in [4.78, 5) is 55.6. The number of rotatable bonds is 10. The lowest BCUT2D eigenvalue weighted by molar-refractivity contribution is -0.149. The van der Waals surface area contributed by atoms with E-state index in [-0.39, 0.29) is 48.0 Å². The zero-order chi connectivity index (χ0) is 31.6. The minimum atomic E-state index is -0.594. The Bertz CT molecular complexity index is 1180. The third-order valence-corrected chi connectivity index (χ3v) is 11.9. The molecule has 2 unspecified atom stereocenters. The molecule has 4 aliphatic carbocycles. The number of carbonyl (C=O) groups is 4. The molecule has 5 aliphatic rings. The third kappa shape index (κ3) is 6.46. The Labute approximate surface area is 261 Å². The summed E-state index contributed by atoms with van der Waals surface area (Å²) in [6, 6.07) is -0.527. The van der Waals surface area contributed by atoms with Crippen LogP contribution in [-0.2, 0) is 28.7 Å². The van der Waals surface area contributed by atoms with Crippen molar-refractivity contribution in [1.82, 2.24) is 10.2 Å². The molecule has 10 heteroatoms. The van der Waals surface area contributed by atoms with E-state index in [0.717, 1.165) is 50.7 Å². The molecule has 1 N–H and O–H groups in total. The van der Waals surface area contributed by atoms with Gasteiger partial charge in [-0.25, -0.2) is 4.79 Å². The van der Waals surface area contributed by atoms with Crippen LogP contribution in [0.5, 0.6) is 0 Å². The molecule has 244 valence electrons. The summed E-state index contributed by atoms with van der Waals surface area (Å²) in [5.74, 6) is 2.13. The molecule has 44 heavy (non-hydrogen) atoms. The summed E-state index contributed by atoms with van der Waals surface area (Å²) in [6.45, 7) is 11.3. The van der Waals surface area contributed by atoms with E-state index in [0.29, 0.717) is 55.8 Å². The van der Waals surface area contributed by atoms with E-state index in [9.17, 15) is 19.2 Å². The molecular weight excluding hydrogens is 562 g/mol. The van der Waals surface area contributed by atoms with Gasteiger partial charge in [-0.15, -0.1) is 0 Å². The Morgan fingerprint density at radius 3 is 2.64 bits per heavy atom. The second-order valence-corrected chi connectivity index (χ2v) is 14.6. The highest BCUT2D eigenvalue weighted by atomic mass is 16.7. The second kappa shape index (κ2) is 13.3. The zero-order valence-corrected chi connectivity index (χ0v) is 27.1. The summed E-state index contributed by atoms with van der Waals surface area (Å²) < 4.78 is 10.2. The summed E-state index contributed by atoms with van der Waals surface area (Å²) >= 11 is 0. The Morgan fingerprint density at radius 2 is 1.89 bits per heavy atom. The summed E-state index contributed by atoms with van der Waals surface area (Å²) in [5, 5.41) is 7.68. The average Bonchev–Trinajstić information content (AvgIpc) is 3.59. The van der Waals surface area contributed by atoms with Crippen LogP contribution in [-0.4, -0.2) is 72.8 Å². The van der Waals surface area contributed by atoms with Crippen LogP contribution in [0, 0.1) is 34.5 Å². The summed E-state index contributed by atoms with van der Waals surface area (Å²) in [6.07, 6.45) is 10.8. The van der Waals surface area contributed by atoms with E-state index in [4.69, 9.17) is 14.3 Å². The van der Waals surface area contributed by atoms with Crippen LogP contribution in [0.25, 0.3) is 0 Å². The Kier molecular flexibility index (Phi) is 9.87. The van der Waals surface area contributed by atoms with E-state index in [1.807, 2.05) is 26.8 Å². The minimum Gasteiger partial charge on any atom is -0.466 e. The number of hydrogen-bond donors (Lipinski definition) is 1. The molecule has 0 spiro atoms. The number of ether oxygens (including phenoxy) is 2. The molecule has 1 saturated heterocycles. The maximum atomic E-state index is 13.3. The van der Waals surface area contributed by atoms with Crippen molar-refractivity contribution < 1.29 is 33.5 Å². The first-order valence-electron chi connectivity index (χ1n) is 16.7. The molecule has 4 fully saturated rings. The van der Waals surface area contributed by atoms with Gasteiger partial charge in [-0.2, -0.15) is 0 Å². The molecule has 8 atom stereocenters. The maximum Gasteiger partial charge on any atom is 0.436 e. The molecule has 3 saturated carbocycles. The lowest BCUT2D eigenvalue weighted by Crippen LogP contribution is -2.51. The van der Waals surface area contributed by atoms with Crippen molar-refractivity contribution >= 4 is 30.0 Å². The van der Waals surface area contributed by atoms with Crippen LogP contribution in [0.2, 0.25) is 0 Å². The number of allylic oxidation sites excluding steroid dienone is 1. The van der Waals surface area contributed by atoms with Gasteiger partial charge >= 0.3 is 12.1 Å². The lowest BCUT2D eigenvalue weighted by Gasteiger charge is -2.58. The molecule has 5 rings (SSSR count). The quantitative estimate of drug-likeness (QED) is 0.0892. The van der Waals surface area contributed by atoms with Gasteiger partial charge in [0.1, 0.15) is 12.6 Å². The van der Waals surface area contributed by atoms with Gasteiger partial charge < -0.3 is 14.4 Å². The van der Waals surface area contributed by atoms with Crippen molar-refractivity contribution in [1.29, 1.82) is 0 Å². The van der Waals surface area contributed by atoms with Crippen LogP contribution >= 0.6 is 0 Å². The maximum absolute atomic E-state index is 13.3. The molecule has 1 heterocycles. The van der Waals surface area contributed by atoms with Gasteiger partial charge in [0.25, 0.3) is 6.47 Å². The smallest absolute Gasteiger partial charge is 0.436 e. The van der Waals surface area contributed by atoms with Gasteiger partial charge in [-0.1, -0.05) is 24.6 Å². The van der Waals surface area contributed by atoms with Crippen LogP contribution in [0.3, 0.4) is 0 Å². The van der Waals surface area contributed by atoms with Crippen LogP contribution in [0.1, 0.15) is 98.8 Å². The van der Waals surface area contributed by atoms with Crippen molar-refractivity contribution in [3.05, 3.63) is 11.6 Å². The average molecular weight is 614 g/mol. The molecule has 0 aromatic heterocycles. The van der Waals surface area contributed by atoms with Crippen molar-refractivity contribution in [3.8, 4) is 0 Å². The van der Waals surface area contributed by atoms with Crippen LogP contribution < -0.4 is 5.32 Å². The van der Waals surface area contributed by atoms with Gasteiger partial charge in [0, 0.05) is 24.9 Å². The SMILES string of the molecule is C/C(=N\OC(=O)N(CCOC=O)CC1CCC(C(=O)OC(C)C)N1)[C@H]1CC[C@H]2[C@@H]3CCC4=CC(=O)CC[C@]4(C)[C@H]3CC[C@]12C. The number of amides is 1. The first-order valence-corrected chi connectivity index (χ1v) is 16.7. The largest absolute Gasteiger partial charge is 0.466 e. The minimum absolute atomic E-state index is 0.0434. The molecule has 0 bridgehead atoms. The molecular formula is C34H51N3O7. The third-order valence-electron chi connectivity index (χ3n) is 11.9. The number of ketones is 1. The zero-order valence-electron chi connectivity index (χ0n) is 27.1. The molecule has 1 aliphatic heterocycles. The number of nitrogens with one attached hydrogen (secondary N) is 1. The van der Waals surface area contributed by atoms with Gasteiger partial charge in [0.2, 0.25) is 0 Å². The van der Waals surface area contributed by atoms with Crippen molar-refractivity contribution in [2.24, 2.45) is 39.7 Å². The number of esters is 1. The Balaban J connectivity index is 1.21. The molecule has 0 aromatic rings. The molecule has 10 nitrogen and oxygen atoms in total. The number of fused-ring (bicyclic) bond motifs is 5. The number of oxime groups is 1. The molecule has 1 amide bonds. The van der Waals surface area contributed by atoms with Gasteiger partial charge in [-0.05, 0) is 113 Å². The van der Waals surface area contributed by atoms with Crippen molar-refractivity contribution in [3.63, 3.8) is 0 Å². The van der Waals surface area contributed by atoms with Gasteiger partial charge in [0.15, 0.2) is 5.78 Å². The predicted octanol–water partition coefficient (Wildman–Crippen LogP) is 5.19. The highest BCUT2D eigenvalue weighted by Gasteiger charge is 2.59. The van der Waals surface area contributed by atoms with Gasteiger partial charge in [-0.3, -0.25) is 24.5 Å². The first kappa shape index (κ1) is 32.6. The highest BCUT2D eigenvalue weighted by molar-refractivity contribution is 5.91. The highest BCUT2D eigenvalue weighted by Crippen LogP contribution is 2.66. The fraction of sp³-hybridized carbons (Fsp3) is 0.794. The number of hydrogen-bond acceptors (Lipinski definition) is 9. The first-order chi connectivity index (χ1) is 21.0. The fourth-order valence-corrected chi connectivity index (χ4v) is 9.68. The lowest BCUT2D eigenvalue weighted by atomic mass is 9.46. The Hall–Kier alpha value is -2.75. The van der Waals surface area contributed by atoms with Crippen molar-refractivity contribution in [2.75, 3.05) is 19.7 Å². The van der Waals surface area contributed by atoms with E-state index in [1.165, 1.54) is 10.5 Å². The van der Waals surface area contributed by atoms with Crippen LogP contribution in [0.15, 0.2) is 16.8 Å².